The van der Waals surface area contributed by atoms with E-state index in [0.717, 1.165) is 31.0 Å². The summed E-state index contributed by atoms with van der Waals surface area (Å²) in [7, 11) is 0. The molecule has 2 aromatic rings. The van der Waals surface area contributed by atoms with Crippen molar-refractivity contribution in [3.8, 4) is 0 Å². The van der Waals surface area contributed by atoms with Gasteiger partial charge in [0.25, 0.3) is 0 Å². The maximum Gasteiger partial charge on any atom is 0.207 e. The minimum Gasteiger partial charge on any atom is -0.325 e. The Labute approximate surface area is 122 Å². The van der Waals surface area contributed by atoms with Crippen molar-refractivity contribution >= 4 is 11.6 Å². The number of para-hydroxylation sites is 1. The second kappa shape index (κ2) is 7.13. The van der Waals surface area contributed by atoms with Gasteiger partial charge in [0.1, 0.15) is 0 Å². The number of imidazole rings is 1. The Kier molecular flexibility index (Phi) is 5.22. The van der Waals surface area contributed by atoms with E-state index < -0.39 is 0 Å². The van der Waals surface area contributed by atoms with E-state index in [2.05, 4.69) is 59.2 Å². The first-order valence-corrected chi connectivity index (χ1v) is 7.63. The number of unbranched alkanes of at least 4 members (excludes halogenated alkanes) is 1. The summed E-state index contributed by atoms with van der Waals surface area (Å²) < 4.78 is 2.22. The van der Waals surface area contributed by atoms with Crippen LogP contribution in [-0.4, -0.2) is 9.55 Å². The van der Waals surface area contributed by atoms with Gasteiger partial charge in [0, 0.05) is 18.4 Å². The average molecular weight is 271 g/mol. The molecule has 0 aliphatic carbocycles. The quantitative estimate of drug-likeness (QED) is 0.792. The van der Waals surface area contributed by atoms with E-state index in [0.29, 0.717) is 0 Å². The molecule has 0 atom stereocenters. The third-order valence-electron chi connectivity index (χ3n) is 3.43. The summed E-state index contributed by atoms with van der Waals surface area (Å²) in [4.78, 5) is 4.61. The highest BCUT2D eigenvalue weighted by Crippen LogP contribution is 2.22. The predicted octanol–water partition coefficient (Wildman–Crippen LogP) is 4.69. The standard InChI is InChI=1S/C17H25N3/c1-4-6-12-20-13-14(3)18-17(20)19-16-11-8-7-10-15(16)9-5-2/h7-8,10-11,13H,4-6,9,12H2,1-3H3,(H,18,19). The van der Waals surface area contributed by atoms with Crippen LogP contribution in [0.4, 0.5) is 11.6 Å². The topological polar surface area (TPSA) is 29.9 Å². The van der Waals surface area contributed by atoms with Crippen molar-refractivity contribution in [1.82, 2.24) is 9.55 Å². The number of aryl methyl sites for hydroxylation is 3. The molecule has 108 valence electrons. The van der Waals surface area contributed by atoms with Gasteiger partial charge in [-0.25, -0.2) is 4.98 Å². The maximum absolute atomic E-state index is 4.61. The van der Waals surface area contributed by atoms with Gasteiger partial charge in [0.05, 0.1) is 5.69 Å². The molecular formula is C17H25N3. The lowest BCUT2D eigenvalue weighted by Gasteiger charge is -2.12. The molecule has 1 aromatic heterocycles. The monoisotopic (exact) mass is 271 g/mol. The van der Waals surface area contributed by atoms with Crippen LogP contribution in [0.15, 0.2) is 30.5 Å². The molecule has 2 rings (SSSR count). The van der Waals surface area contributed by atoms with Crippen molar-refractivity contribution in [2.24, 2.45) is 0 Å². The molecule has 0 amide bonds. The number of hydrogen-bond acceptors (Lipinski definition) is 2. The Bertz CT molecular complexity index is 543. The molecule has 3 heteroatoms. The number of anilines is 2. The number of rotatable bonds is 7. The molecule has 0 unspecified atom stereocenters. The summed E-state index contributed by atoms with van der Waals surface area (Å²) >= 11 is 0. The van der Waals surface area contributed by atoms with Crippen LogP contribution in [0.2, 0.25) is 0 Å². The van der Waals surface area contributed by atoms with Crippen molar-refractivity contribution in [2.75, 3.05) is 5.32 Å². The molecule has 0 spiro atoms. The molecule has 0 bridgehead atoms. The third kappa shape index (κ3) is 3.62. The Morgan fingerprint density at radius 3 is 2.70 bits per heavy atom. The van der Waals surface area contributed by atoms with Gasteiger partial charge in [-0.2, -0.15) is 0 Å². The molecular weight excluding hydrogens is 246 g/mol. The van der Waals surface area contributed by atoms with E-state index in [1.54, 1.807) is 0 Å². The number of aromatic nitrogens is 2. The molecule has 3 nitrogen and oxygen atoms in total. The zero-order valence-electron chi connectivity index (χ0n) is 12.8. The second-order valence-corrected chi connectivity index (χ2v) is 5.28. The van der Waals surface area contributed by atoms with Crippen LogP contribution in [-0.2, 0) is 13.0 Å². The number of nitrogens with zero attached hydrogens (tertiary/aromatic N) is 2. The van der Waals surface area contributed by atoms with Gasteiger partial charge in [-0.3, -0.25) is 0 Å². The summed E-state index contributed by atoms with van der Waals surface area (Å²) in [6, 6.07) is 8.51. The van der Waals surface area contributed by atoms with Crippen LogP contribution in [0.25, 0.3) is 0 Å². The molecule has 0 aliphatic heterocycles. The molecule has 1 heterocycles. The molecule has 0 saturated heterocycles. The summed E-state index contributed by atoms with van der Waals surface area (Å²) in [6.07, 6.45) is 6.75. The van der Waals surface area contributed by atoms with E-state index >= 15 is 0 Å². The van der Waals surface area contributed by atoms with Crippen LogP contribution in [0.5, 0.6) is 0 Å². The number of hydrogen-bond donors (Lipinski definition) is 1. The van der Waals surface area contributed by atoms with Crippen LogP contribution in [0.1, 0.15) is 44.4 Å². The van der Waals surface area contributed by atoms with Gasteiger partial charge >= 0.3 is 0 Å². The van der Waals surface area contributed by atoms with Gasteiger partial charge in [-0.1, -0.05) is 44.9 Å². The van der Waals surface area contributed by atoms with Crippen LogP contribution < -0.4 is 5.32 Å². The van der Waals surface area contributed by atoms with Gasteiger partial charge in [0.15, 0.2) is 0 Å². The molecule has 20 heavy (non-hydrogen) atoms. The van der Waals surface area contributed by atoms with Crippen molar-refractivity contribution in [2.45, 2.75) is 53.0 Å². The Balaban J connectivity index is 2.21. The molecule has 0 fully saturated rings. The highest BCUT2D eigenvalue weighted by molar-refractivity contribution is 5.59. The first-order valence-electron chi connectivity index (χ1n) is 7.63. The lowest BCUT2D eigenvalue weighted by Crippen LogP contribution is -2.04. The van der Waals surface area contributed by atoms with Gasteiger partial charge in [-0.05, 0) is 31.4 Å². The van der Waals surface area contributed by atoms with Gasteiger partial charge in [-0.15, -0.1) is 0 Å². The molecule has 0 saturated carbocycles. The fourth-order valence-corrected chi connectivity index (χ4v) is 2.40. The van der Waals surface area contributed by atoms with Crippen molar-refractivity contribution in [3.63, 3.8) is 0 Å². The summed E-state index contributed by atoms with van der Waals surface area (Å²) in [5.41, 5.74) is 3.60. The van der Waals surface area contributed by atoms with Crippen molar-refractivity contribution in [1.29, 1.82) is 0 Å². The molecule has 1 aromatic carbocycles. The Morgan fingerprint density at radius 2 is 1.95 bits per heavy atom. The zero-order chi connectivity index (χ0) is 14.4. The summed E-state index contributed by atoms with van der Waals surface area (Å²) in [5.74, 6) is 0.958. The largest absolute Gasteiger partial charge is 0.325 e. The van der Waals surface area contributed by atoms with E-state index in [4.69, 9.17) is 0 Å². The van der Waals surface area contributed by atoms with Gasteiger partial charge in [0.2, 0.25) is 5.95 Å². The van der Waals surface area contributed by atoms with Crippen LogP contribution in [0.3, 0.4) is 0 Å². The summed E-state index contributed by atoms with van der Waals surface area (Å²) in [5, 5.41) is 3.51. The second-order valence-electron chi connectivity index (χ2n) is 5.28. The first-order chi connectivity index (χ1) is 9.74. The predicted molar refractivity (Wildman–Crippen MR) is 85.6 cm³/mol. The highest BCUT2D eigenvalue weighted by Gasteiger charge is 2.08. The van der Waals surface area contributed by atoms with Crippen LogP contribution >= 0.6 is 0 Å². The molecule has 0 radical (unpaired) electrons. The minimum atomic E-state index is 0.958. The van der Waals surface area contributed by atoms with E-state index in [-0.39, 0.29) is 0 Å². The molecule has 1 N–H and O–H groups in total. The van der Waals surface area contributed by atoms with Gasteiger partial charge < -0.3 is 9.88 Å². The first kappa shape index (κ1) is 14.6. The van der Waals surface area contributed by atoms with E-state index in [1.807, 2.05) is 6.92 Å². The SMILES string of the molecule is CCCCn1cc(C)nc1Nc1ccccc1CCC. The third-order valence-corrected chi connectivity index (χ3v) is 3.43. The summed E-state index contributed by atoms with van der Waals surface area (Å²) in [6.45, 7) is 7.50. The fraction of sp³-hybridized carbons (Fsp3) is 0.471. The smallest absolute Gasteiger partial charge is 0.207 e. The lowest BCUT2D eigenvalue weighted by atomic mass is 10.1. The maximum atomic E-state index is 4.61. The number of benzene rings is 1. The zero-order valence-corrected chi connectivity index (χ0v) is 12.8. The Hall–Kier alpha value is -1.77. The normalized spacial score (nSPS) is 10.8. The lowest BCUT2D eigenvalue weighted by molar-refractivity contribution is 0.637. The Morgan fingerprint density at radius 1 is 1.15 bits per heavy atom. The van der Waals surface area contributed by atoms with E-state index in [9.17, 15) is 0 Å². The average Bonchev–Trinajstić information content (AvgIpc) is 2.79. The molecule has 0 aliphatic rings. The fourth-order valence-electron chi connectivity index (χ4n) is 2.40. The van der Waals surface area contributed by atoms with Crippen molar-refractivity contribution in [3.05, 3.63) is 41.7 Å². The minimum absolute atomic E-state index is 0.958. The van der Waals surface area contributed by atoms with Crippen molar-refractivity contribution < 1.29 is 0 Å². The highest BCUT2D eigenvalue weighted by atomic mass is 15.2. The van der Waals surface area contributed by atoms with E-state index in [1.165, 1.54) is 24.1 Å². The number of nitrogens with one attached hydrogen (secondary N) is 1. The van der Waals surface area contributed by atoms with Crippen LogP contribution in [0, 0.1) is 6.92 Å².